The summed E-state index contributed by atoms with van der Waals surface area (Å²) in [6, 6.07) is 18.3. The van der Waals surface area contributed by atoms with E-state index in [1.807, 2.05) is 36.4 Å². The molecular weight excluding hydrogens is 314 g/mol. The zero-order valence-electron chi connectivity index (χ0n) is 14.1. The lowest BCUT2D eigenvalue weighted by Gasteiger charge is -2.11. The van der Waals surface area contributed by atoms with Gasteiger partial charge in [-0.15, -0.1) is 0 Å². The molecule has 1 heterocycles. The molecule has 0 atom stereocenters. The first-order chi connectivity index (χ1) is 12.2. The molecule has 3 aromatic carbocycles. The summed E-state index contributed by atoms with van der Waals surface area (Å²) in [5, 5.41) is 8.45. The SMILES string of the molecule is CCOC(=O)c1c(-c2c3ccccc3cc3ccccc23)noc1C. The zero-order valence-corrected chi connectivity index (χ0v) is 14.1. The molecule has 4 heteroatoms. The Labute approximate surface area is 145 Å². The van der Waals surface area contributed by atoms with E-state index in [1.54, 1.807) is 13.8 Å². The van der Waals surface area contributed by atoms with E-state index in [4.69, 9.17) is 9.26 Å². The second kappa shape index (κ2) is 6.06. The second-order valence-electron chi connectivity index (χ2n) is 5.88. The summed E-state index contributed by atoms with van der Waals surface area (Å²) in [6.45, 7) is 3.82. The third-order valence-corrected chi connectivity index (χ3v) is 4.35. The Balaban J connectivity index is 2.12. The number of nitrogens with zero attached hydrogens (tertiary/aromatic N) is 1. The van der Waals surface area contributed by atoms with Crippen molar-refractivity contribution in [1.82, 2.24) is 5.16 Å². The molecule has 0 amide bonds. The van der Waals surface area contributed by atoms with Crippen LogP contribution in [0.4, 0.5) is 0 Å². The minimum atomic E-state index is -0.409. The van der Waals surface area contributed by atoms with Crippen molar-refractivity contribution in [2.24, 2.45) is 0 Å². The van der Waals surface area contributed by atoms with Crippen LogP contribution in [0.2, 0.25) is 0 Å². The van der Waals surface area contributed by atoms with Crippen molar-refractivity contribution >= 4 is 27.5 Å². The Morgan fingerprint density at radius 3 is 2.24 bits per heavy atom. The van der Waals surface area contributed by atoms with Crippen LogP contribution in [-0.4, -0.2) is 17.7 Å². The van der Waals surface area contributed by atoms with E-state index < -0.39 is 5.97 Å². The molecule has 1 aromatic heterocycles. The number of hydrogen-bond acceptors (Lipinski definition) is 4. The van der Waals surface area contributed by atoms with Gasteiger partial charge in [-0.25, -0.2) is 4.79 Å². The highest BCUT2D eigenvalue weighted by Gasteiger charge is 2.25. The Morgan fingerprint density at radius 2 is 1.64 bits per heavy atom. The van der Waals surface area contributed by atoms with Crippen molar-refractivity contribution in [2.75, 3.05) is 6.61 Å². The van der Waals surface area contributed by atoms with E-state index in [0.29, 0.717) is 23.6 Å². The van der Waals surface area contributed by atoms with Crippen LogP contribution in [0.15, 0.2) is 59.1 Å². The van der Waals surface area contributed by atoms with Gasteiger partial charge >= 0.3 is 5.97 Å². The van der Waals surface area contributed by atoms with Gasteiger partial charge in [-0.1, -0.05) is 53.7 Å². The summed E-state index contributed by atoms with van der Waals surface area (Å²) in [4.78, 5) is 12.5. The fourth-order valence-corrected chi connectivity index (χ4v) is 3.26. The third kappa shape index (κ3) is 2.47. The van der Waals surface area contributed by atoms with Crippen LogP contribution >= 0.6 is 0 Å². The van der Waals surface area contributed by atoms with Gasteiger partial charge < -0.3 is 9.26 Å². The number of benzene rings is 3. The van der Waals surface area contributed by atoms with Crippen LogP contribution in [0, 0.1) is 6.92 Å². The molecule has 4 nitrogen and oxygen atoms in total. The van der Waals surface area contributed by atoms with Crippen molar-refractivity contribution in [1.29, 1.82) is 0 Å². The largest absolute Gasteiger partial charge is 0.462 e. The van der Waals surface area contributed by atoms with Crippen LogP contribution in [0.25, 0.3) is 32.8 Å². The van der Waals surface area contributed by atoms with E-state index in [2.05, 4.69) is 23.4 Å². The maximum Gasteiger partial charge on any atom is 0.344 e. The normalized spacial score (nSPS) is 11.1. The highest BCUT2D eigenvalue weighted by atomic mass is 16.5. The van der Waals surface area contributed by atoms with Crippen molar-refractivity contribution in [3.63, 3.8) is 0 Å². The Hall–Kier alpha value is -3.14. The highest BCUT2D eigenvalue weighted by molar-refractivity contribution is 6.14. The molecule has 25 heavy (non-hydrogen) atoms. The number of carbonyl (C=O) groups is 1. The average molecular weight is 331 g/mol. The van der Waals surface area contributed by atoms with E-state index in [-0.39, 0.29) is 0 Å². The van der Waals surface area contributed by atoms with Crippen LogP contribution in [0.1, 0.15) is 23.0 Å². The number of fused-ring (bicyclic) bond motifs is 2. The monoisotopic (exact) mass is 331 g/mol. The van der Waals surface area contributed by atoms with Gasteiger partial charge in [-0.2, -0.15) is 0 Å². The molecule has 124 valence electrons. The number of esters is 1. The molecule has 0 fully saturated rings. The summed E-state index contributed by atoms with van der Waals surface area (Å²) in [5.41, 5.74) is 1.82. The number of rotatable bonds is 3. The zero-order chi connectivity index (χ0) is 17.4. The fourth-order valence-electron chi connectivity index (χ4n) is 3.26. The molecule has 0 radical (unpaired) electrons. The summed E-state index contributed by atoms with van der Waals surface area (Å²) in [7, 11) is 0. The van der Waals surface area contributed by atoms with E-state index in [1.165, 1.54) is 0 Å². The average Bonchev–Trinajstić information content (AvgIpc) is 3.01. The number of aryl methyl sites for hydroxylation is 1. The first-order valence-corrected chi connectivity index (χ1v) is 8.25. The number of aromatic nitrogens is 1. The molecular formula is C21H17NO3. The molecule has 0 N–H and O–H groups in total. The summed E-state index contributed by atoms with van der Waals surface area (Å²) in [5.74, 6) is 0.0544. The standard InChI is InChI=1S/C21H17NO3/c1-3-24-21(23)18-13(2)25-22-20(18)19-16-10-6-4-8-14(16)12-15-9-5-7-11-17(15)19/h4-12H,3H2,1-2H3. The Kier molecular flexibility index (Phi) is 3.73. The topological polar surface area (TPSA) is 52.3 Å². The smallest absolute Gasteiger partial charge is 0.344 e. The number of carbonyl (C=O) groups excluding carboxylic acids is 1. The van der Waals surface area contributed by atoms with Crippen molar-refractivity contribution < 1.29 is 14.1 Å². The van der Waals surface area contributed by atoms with Gasteiger partial charge in [-0.3, -0.25) is 0 Å². The molecule has 4 aromatic rings. The first kappa shape index (κ1) is 15.4. The van der Waals surface area contributed by atoms with Crippen molar-refractivity contribution in [2.45, 2.75) is 13.8 Å². The lowest BCUT2D eigenvalue weighted by Crippen LogP contribution is -2.07. The summed E-state index contributed by atoms with van der Waals surface area (Å²) in [6.07, 6.45) is 0. The van der Waals surface area contributed by atoms with Crippen LogP contribution in [0.3, 0.4) is 0 Å². The van der Waals surface area contributed by atoms with Gasteiger partial charge in [0, 0.05) is 5.56 Å². The molecule has 0 aliphatic carbocycles. The molecule has 0 aliphatic rings. The molecule has 0 saturated heterocycles. The van der Waals surface area contributed by atoms with E-state index >= 15 is 0 Å². The maximum absolute atomic E-state index is 12.5. The first-order valence-electron chi connectivity index (χ1n) is 8.25. The number of hydrogen-bond donors (Lipinski definition) is 0. The molecule has 0 aliphatic heterocycles. The minimum absolute atomic E-state index is 0.305. The third-order valence-electron chi connectivity index (χ3n) is 4.35. The summed E-state index contributed by atoms with van der Waals surface area (Å²) < 4.78 is 10.6. The quantitative estimate of drug-likeness (QED) is 0.385. The van der Waals surface area contributed by atoms with Gasteiger partial charge in [-0.05, 0) is 41.5 Å². The van der Waals surface area contributed by atoms with Gasteiger partial charge in [0.1, 0.15) is 17.0 Å². The lowest BCUT2D eigenvalue weighted by molar-refractivity contribution is 0.0525. The predicted octanol–water partition coefficient (Wildman–Crippen LogP) is 5.13. The predicted molar refractivity (Wildman–Crippen MR) is 97.6 cm³/mol. The van der Waals surface area contributed by atoms with Gasteiger partial charge in [0.05, 0.1) is 6.61 Å². The van der Waals surface area contributed by atoms with Gasteiger partial charge in [0.2, 0.25) is 0 Å². The molecule has 0 spiro atoms. The molecule has 4 rings (SSSR count). The Morgan fingerprint density at radius 1 is 1.04 bits per heavy atom. The second-order valence-corrected chi connectivity index (χ2v) is 5.88. The lowest BCUT2D eigenvalue weighted by atomic mass is 9.93. The fraction of sp³-hybridized carbons (Fsp3) is 0.143. The molecule has 0 unspecified atom stereocenters. The van der Waals surface area contributed by atoms with Gasteiger partial charge in [0.25, 0.3) is 0 Å². The Bertz CT molecular complexity index is 1040. The van der Waals surface area contributed by atoms with Crippen LogP contribution < -0.4 is 0 Å². The minimum Gasteiger partial charge on any atom is -0.462 e. The molecule has 0 bridgehead atoms. The van der Waals surface area contributed by atoms with Crippen molar-refractivity contribution in [3.8, 4) is 11.3 Å². The van der Waals surface area contributed by atoms with Crippen LogP contribution in [0.5, 0.6) is 0 Å². The highest BCUT2D eigenvalue weighted by Crippen LogP contribution is 2.38. The van der Waals surface area contributed by atoms with Gasteiger partial charge in [0.15, 0.2) is 0 Å². The molecule has 0 saturated carbocycles. The van der Waals surface area contributed by atoms with Crippen molar-refractivity contribution in [3.05, 3.63) is 65.9 Å². The number of ether oxygens (including phenoxy) is 1. The maximum atomic E-state index is 12.5. The van der Waals surface area contributed by atoms with E-state index in [0.717, 1.165) is 27.1 Å². The summed E-state index contributed by atoms with van der Waals surface area (Å²) >= 11 is 0. The van der Waals surface area contributed by atoms with E-state index in [9.17, 15) is 4.79 Å². The van der Waals surface area contributed by atoms with Crippen LogP contribution in [-0.2, 0) is 4.74 Å².